The van der Waals surface area contributed by atoms with Crippen LogP contribution in [0.25, 0.3) is 0 Å². The van der Waals surface area contributed by atoms with Gasteiger partial charge in [-0.25, -0.2) is 9.97 Å². The van der Waals surface area contributed by atoms with E-state index in [-0.39, 0.29) is 0 Å². The first-order chi connectivity index (χ1) is 8.17. The van der Waals surface area contributed by atoms with Crippen molar-refractivity contribution in [2.24, 2.45) is 0 Å². The summed E-state index contributed by atoms with van der Waals surface area (Å²) in [5.41, 5.74) is 2.60. The SMILES string of the molecule is Cc1cc(C)nc(Sc2ccc(C=O)cc2)n1. The van der Waals surface area contributed by atoms with Crippen LogP contribution < -0.4 is 0 Å². The van der Waals surface area contributed by atoms with Crippen molar-refractivity contribution in [2.45, 2.75) is 23.9 Å². The molecule has 1 aromatic heterocycles. The van der Waals surface area contributed by atoms with Crippen LogP contribution >= 0.6 is 11.8 Å². The Morgan fingerprint density at radius 1 is 1.06 bits per heavy atom. The molecule has 0 unspecified atom stereocenters. The summed E-state index contributed by atoms with van der Waals surface area (Å²) < 4.78 is 0. The van der Waals surface area contributed by atoms with Gasteiger partial charge in [0.05, 0.1) is 0 Å². The molecule has 17 heavy (non-hydrogen) atoms. The molecule has 0 aliphatic heterocycles. The van der Waals surface area contributed by atoms with Gasteiger partial charge in [-0.3, -0.25) is 4.79 Å². The van der Waals surface area contributed by atoms with Gasteiger partial charge in [-0.2, -0.15) is 0 Å². The fourth-order valence-corrected chi connectivity index (χ4v) is 2.32. The molecule has 3 nitrogen and oxygen atoms in total. The van der Waals surface area contributed by atoms with E-state index in [1.165, 1.54) is 11.8 Å². The highest BCUT2D eigenvalue weighted by Crippen LogP contribution is 2.24. The lowest BCUT2D eigenvalue weighted by Gasteiger charge is -2.02. The summed E-state index contributed by atoms with van der Waals surface area (Å²) in [6.45, 7) is 3.91. The second-order valence-electron chi connectivity index (χ2n) is 3.72. The lowest BCUT2D eigenvalue weighted by molar-refractivity contribution is 0.112. The minimum atomic E-state index is 0.677. The summed E-state index contributed by atoms with van der Waals surface area (Å²) in [7, 11) is 0. The lowest BCUT2D eigenvalue weighted by Crippen LogP contribution is -1.92. The van der Waals surface area contributed by atoms with E-state index in [2.05, 4.69) is 9.97 Å². The van der Waals surface area contributed by atoms with Gasteiger partial charge in [0.2, 0.25) is 0 Å². The molecular weight excluding hydrogens is 232 g/mol. The van der Waals surface area contributed by atoms with Crippen molar-refractivity contribution in [3.63, 3.8) is 0 Å². The fourth-order valence-electron chi connectivity index (χ4n) is 1.46. The number of aldehydes is 1. The molecule has 0 saturated heterocycles. The molecule has 2 aromatic rings. The van der Waals surface area contributed by atoms with Crippen molar-refractivity contribution in [1.82, 2.24) is 9.97 Å². The smallest absolute Gasteiger partial charge is 0.192 e. The molecule has 0 fully saturated rings. The molecule has 0 spiro atoms. The van der Waals surface area contributed by atoms with Gasteiger partial charge < -0.3 is 0 Å². The number of carbonyl (C=O) groups excluding carboxylic acids is 1. The highest BCUT2D eigenvalue weighted by molar-refractivity contribution is 7.99. The third kappa shape index (κ3) is 3.14. The molecule has 0 radical (unpaired) electrons. The summed E-state index contributed by atoms with van der Waals surface area (Å²) in [4.78, 5) is 20.3. The van der Waals surface area contributed by atoms with E-state index in [1.54, 1.807) is 12.1 Å². The van der Waals surface area contributed by atoms with Gasteiger partial charge in [0.25, 0.3) is 0 Å². The van der Waals surface area contributed by atoms with Crippen LogP contribution in [0.5, 0.6) is 0 Å². The first-order valence-corrected chi connectivity index (χ1v) is 6.04. The Hall–Kier alpha value is -1.68. The van der Waals surface area contributed by atoms with Crippen molar-refractivity contribution in [1.29, 1.82) is 0 Å². The molecule has 0 bridgehead atoms. The molecule has 0 aliphatic carbocycles. The van der Waals surface area contributed by atoms with Gasteiger partial charge in [-0.15, -0.1) is 0 Å². The van der Waals surface area contributed by atoms with Crippen LogP contribution in [0.1, 0.15) is 21.7 Å². The Kier molecular flexibility index (Phi) is 3.54. The Balaban J connectivity index is 2.21. The van der Waals surface area contributed by atoms with Gasteiger partial charge in [0.15, 0.2) is 5.16 Å². The number of hydrogen-bond acceptors (Lipinski definition) is 4. The highest BCUT2D eigenvalue weighted by Gasteiger charge is 2.02. The standard InChI is InChI=1S/C13H12N2OS/c1-9-7-10(2)15-13(14-9)17-12-5-3-11(8-16)4-6-12/h3-8H,1-2H3. The van der Waals surface area contributed by atoms with Crippen LogP contribution in [0.3, 0.4) is 0 Å². The predicted molar refractivity (Wildman–Crippen MR) is 67.5 cm³/mol. The molecule has 1 heterocycles. The monoisotopic (exact) mass is 244 g/mol. The number of aromatic nitrogens is 2. The van der Waals surface area contributed by atoms with Gasteiger partial charge in [-0.1, -0.05) is 12.1 Å². The van der Waals surface area contributed by atoms with Crippen LogP contribution in [0, 0.1) is 13.8 Å². The van der Waals surface area contributed by atoms with E-state index in [0.717, 1.165) is 27.7 Å². The first kappa shape index (κ1) is 11.8. The number of aryl methyl sites for hydroxylation is 2. The molecule has 1 aromatic carbocycles. The lowest BCUT2D eigenvalue weighted by atomic mass is 10.2. The second kappa shape index (κ2) is 5.10. The van der Waals surface area contributed by atoms with Crippen LogP contribution in [-0.4, -0.2) is 16.3 Å². The van der Waals surface area contributed by atoms with Crippen LogP contribution in [0.2, 0.25) is 0 Å². The van der Waals surface area contributed by atoms with Gasteiger partial charge >= 0.3 is 0 Å². The molecule has 0 aliphatic rings. The molecule has 0 N–H and O–H groups in total. The van der Waals surface area contributed by atoms with Gasteiger partial charge in [-0.05, 0) is 43.8 Å². The van der Waals surface area contributed by atoms with Gasteiger partial charge in [0.1, 0.15) is 6.29 Å². The molecular formula is C13H12N2OS. The molecule has 4 heteroatoms. The largest absolute Gasteiger partial charge is 0.298 e. The van der Waals surface area contributed by atoms with E-state index in [1.807, 2.05) is 32.0 Å². The third-order valence-electron chi connectivity index (χ3n) is 2.19. The highest BCUT2D eigenvalue weighted by atomic mass is 32.2. The normalized spacial score (nSPS) is 10.2. The van der Waals surface area contributed by atoms with Crippen molar-refractivity contribution in [3.05, 3.63) is 47.3 Å². The first-order valence-electron chi connectivity index (χ1n) is 5.23. The second-order valence-corrected chi connectivity index (χ2v) is 4.76. The van der Waals surface area contributed by atoms with E-state index in [4.69, 9.17) is 0 Å². The van der Waals surface area contributed by atoms with Crippen molar-refractivity contribution in [3.8, 4) is 0 Å². The summed E-state index contributed by atoms with van der Waals surface area (Å²) >= 11 is 1.50. The minimum absolute atomic E-state index is 0.677. The maximum atomic E-state index is 10.5. The van der Waals surface area contributed by atoms with Crippen molar-refractivity contribution >= 4 is 18.0 Å². The van der Waals surface area contributed by atoms with Crippen molar-refractivity contribution < 1.29 is 4.79 Å². The predicted octanol–water partition coefficient (Wildman–Crippen LogP) is 3.06. The van der Waals surface area contributed by atoms with Crippen molar-refractivity contribution in [2.75, 3.05) is 0 Å². The summed E-state index contributed by atoms with van der Waals surface area (Å²) in [5, 5.41) is 0.737. The number of carbonyl (C=O) groups is 1. The maximum absolute atomic E-state index is 10.5. The summed E-state index contributed by atoms with van der Waals surface area (Å²) in [6.07, 6.45) is 0.835. The van der Waals surface area contributed by atoms with Crippen LogP contribution in [0.4, 0.5) is 0 Å². The zero-order valence-corrected chi connectivity index (χ0v) is 10.5. The number of hydrogen-bond donors (Lipinski definition) is 0. The topological polar surface area (TPSA) is 42.9 Å². The number of nitrogens with zero attached hydrogens (tertiary/aromatic N) is 2. The zero-order valence-electron chi connectivity index (χ0n) is 9.68. The zero-order chi connectivity index (χ0) is 12.3. The molecule has 0 saturated carbocycles. The van der Waals surface area contributed by atoms with Crippen LogP contribution in [-0.2, 0) is 0 Å². The average Bonchev–Trinajstić information content (AvgIpc) is 2.28. The minimum Gasteiger partial charge on any atom is -0.298 e. The third-order valence-corrected chi connectivity index (χ3v) is 3.06. The van der Waals surface area contributed by atoms with E-state index >= 15 is 0 Å². The van der Waals surface area contributed by atoms with E-state index < -0.39 is 0 Å². The van der Waals surface area contributed by atoms with Crippen LogP contribution in [0.15, 0.2) is 40.4 Å². The van der Waals surface area contributed by atoms with E-state index in [9.17, 15) is 4.79 Å². The van der Waals surface area contributed by atoms with Gasteiger partial charge in [0, 0.05) is 21.8 Å². The Labute approximate surface area is 104 Å². The number of benzene rings is 1. The molecule has 0 atom stereocenters. The summed E-state index contributed by atoms with van der Waals surface area (Å²) in [6, 6.07) is 9.32. The fraction of sp³-hybridized carbons (Fsp3) is 0.154. The molecule has 2 rings (SSSR count). The number of rotatable bonds is 3. The maximum Gasteiger partial charge on any atom is 0.192 e. The van der Waals surface area contributed by atoms with E-state index in [0.29, 0.717) is 5.56 Å². The summed E-state index contributed by atoms with van der Waals surface area (Å²) in [5.74, 6) is 0. The molecule has 0 amide bonds. The Bertz CT molecular complexity index is 517. The average molecular weight is 244 g/mol. The Morgan fingerprint density at radius 3 is 2.18 bits per heavy atom. The Morgan fingerprint density at radius 2 is 1.65 bits per heavy atom. The molecule has 86 valence electrons. The quantitative estimate of drug-likeness (QED) is 0.614.